The lowest BCUT2D eigenvalue weighted by Gasteiger charge is -1.77. The summed E-state index contributed by atoms with van der Waals surface area (Å²) < 4.78 is 0. The molecule has 2 nitrogen and oxygen atoms in total. The zero-order chi connectivity index (χ0) is 6.53. The second kappa shape index (κ2) is 2.73. The van der Waals surface area contributed by atoms with Crippen LogP contribution in [-0.2, 0) is 0 Å². The monoisotopic (exact) mass is 118 g/mol. The molecule has 1 rings (SSSR count). The Labute approximate surface area is 53.4 Å². The summed E-state index contributed by atoms with van der Waals surface area (Å²) in [6.07, 6.45) is 4.98. The summed E-state index contributed by atoms with van der Waals surface area (Å²) in [6, 6.07) is 5.69. The number of nitriles is 1. The van der Waals surface area contributed by atoms with Crippen molar-refractivity contribution < 1.29 is 0 Å². The van der Waals surface area contributed by atoms with Crippen LogP contribution in [0.4, 0.5) is 0 Å². The van der Waals surface area contributed by atoms with Crippen LogP contribution in [0.15, 0.2) is 24.4 Å². The average Bonchev–Trinajstić information content (AvgIpc) is 2.34. The fourth-order valence-electron chi connectivity index (χ4n) is 0.575. The molecule has 1 heterocycles. The standard InChI is InChI=1S/C7H6N2/c8-5-1-3-7-4-2-6-9-7/h1-4,6,9H. The van der Waals surface area contributed by atoms with E-state index in [0.717, 1.165) is 5.69 Å². The number of aromatic amines is 1. The van der Waals surface area contributed by atoms with Gasteiger partial charge in [0.2, 0.25) is 0 Å². The Bertz CT molecular complexity index is 226. The predicted octanol–water partition coefficient (Wildman–Crippen LogP) is 1.55. The molecule has 0 bridgehead atoms. The Hall–Kier alpha value is -1.49. The minimum absolute atomic E-state index is 0.955. The van der Waals surface area contributed by atoms with E-state index in [2.05, 4.69) is 4.98 Å². The van der Waals surface area contributed by atoms with Crippen LogP contribution in [0.25, 0.3) is 6.08 Å². The van der Waals surface area contributed by atoms with Gasteiger partial charge in [0.15, 0.2) is 0 Å². The Morgan fingerprint density at radius 2 is 2.56 bits per heavy atom. The van der Waals surface area contributed by atoms with Crippen LogP contribution < -0.4 is 0 Å². The summed E-state index contributed by atoms with van der Waals surface area (Å²) in [6.45, 7) is 0. The third-order valence-corrected chi connectivity index (χ3v) is 0.959. The highest BCUT2D eigenvalue weighted by Gasteiger charge is 1.79. The average molecular weight is 118 g/mol. The smallest absolute Gasteiger partial charge is 0.0912 e. The van der Waals surface area contributed by atoms with E-state index in [1.165, 1.54) is 6.08 Å². The zero-order valence-electron chi connectivity index (χ0n) is 4.83. The fourth-order valence-corrected chi connectivity index (χ4v) is 0.575. The molecule has 0 saturated carbocycles. The van der Waals surface area contributed by atoms with Crippen molar-refractivity contribution in [3.63, 3.8) is 0 Å². The van der Waals surface area contributed by atoms with Crippen LogP contribution in [-0.4, -0.2) is 4.98 Å². The minimum atomic E-state index is 0.955. The summed E-state index contributed by atoms with van der Waals surface area (Å²) in [5, 5.41) is 8.11. The van der Waals surface area contributed by atoms with Gasteiger partial charge in [-0.15, -0.1) is 0 Å². The first-order valence-corrected chi connectivity index (χ1v) is 2.63. The van der Waals surface area contributed by atoms with Gasteiger partial charge >= 0.3 is 0 Å². The number of hydrogen-bond donors (Lipinski definition) is 1. The van der Waals surface area contributed by atoms with Gasteiger partial charge in [0.05, 0.1) is 6.07 Å². The SMILES string of the molecule is N#CC=Cc1ccc[nH]1. The molecular weight excluding hydrogens is 112 g/mol. The number of nitrogens with one attached hydrogen (secondary N) is 1. The molecule has 1 N–H and O–H groups in total. The topological polar surface area (TPSA) is 39.6 Å². The summed E-state index contributed by atoms with van der Waals surface area (Å²) in [5.41, 5.74) is 0.955. The highest BCUT2D eigenvalue weighted by molar-refractivity contribution is 5.47. The largest absolute Gasteiger partial charge is 0.362 e. The van der Waals surface area contributed by atoms with Gasteiger partial charge in [0.1, 0.15) is 0 Å². The first-order valence-electron chi connectivity index (χ1n) is 2.63. The van der Waals surface area contributed by atoms with Crippen molar-refractivity contribution in [3.05, 3.63) is 30.1 Å². The maximum Gasteiger partial charge on any atom is 0.0912 e. The molecule has 0 spiro atoms. The number of hydrogen-bond acceptors (Lipinski definition) is 1. The first kappa shape index (κ1) is 5.64. The Balaban J connectivity index is 2.71. The van der Waals surface area contributed by atoms with Crippen LogP contribution in [0.2, 0.25) is 0 Å². The van der Waals surface area contributed by atoms with E-state index < -0.39 is 0 Å². The van der Waals surface area contributed by atoms with Crippen LogP contribution in [0.5, 0.6) is 0 Å². The third kappa shape index (κ3) is 1.46. The number of H-pyrrole nitrogens is 1. The van der Waals surface area contributed by atoms with Gasteiger partial charge in [0.25, 0.3) is 0 Å². The van der Waals surface area contributed by atoms with Crippen molar-refractivity contribution >= 4 is 6.08 Å². The molecule has 0 saturated heterocycles. The number of aromatic nitrogens is 1. The van der Waals surface area contributed by atoms with Crippen molar-refractivity contribution in [3.8, 4) is 6.07 Å². The molecule has 1 aromatic heterocycles. The molecule has 0 aliphatic carbocycles. The normalized spacial score (nSPS) is 9.67. The van der Waals surface area contributed by atoms with Gasteiger partial charge in [-0.2, -0.15) is 5.26 Å². The summed E-state index contributed by atoms with van der Waals surface area (Å²) in [5.74, 6) is 0. The molecule has 0 aliphatic rings. The van der Waals surface area contributed by atoms with E-state index in [4.69, 9.17) is 5.26 Å². The van der Waals surface area contributed by atoms with Gasteiger partial charge in [-0.3, -0.25) is 0 Å². The molecule has 2 heteroatoms. The van der Waals surface area contributed by atoms with E-state index in [1.54, 1.807) is 6.08 Å². The predicted molar refractivity (Wildman–Crippen MR) is 35.4 cm³/mol. The Kier molecular flexibility index (Phi) is 1.71. The molecule has 0 aromatic carbocycles. The van der Waals surface area contributed by atoms with E-state index >= 15 is 0 Å². The third-order valence-electron chi connectivity index (χ3n) is 0.959. The maximum absolute atomic E-state index is 8.11. The van der Waals surface area contributed by atoms with Gasteiger partial charge in [-0.1, -0.05) is 0 Å². The molecule has 9 heavy (non-hydrogen) atoms. The molecule has 0 amide bonds. The van der Waals surface area contributed by atoms with E-state index in [1.807, 2.05) is 24.4 Å². The Morgan fingerprint density at radius 3 is 3.11 bits per heavy atom. The fraction of sp³-hybridized carbons (Fsp3) is 0. The number of allylic oxidation sites excluding steroid dienone is 1. The van der Waals surface area contributed by atoms with Crippen LogP contribution >= 0.6 is 0 Å². The summed E-state index contributed by atoms with van der Waals surface area (Å²) in [7, 11) is 0. The lowest BCUT2D eigenvalue weighted by Crippen LogP contribution is -1.64. The molecule has 0 unspecified atom stereocenters. The molecular formula is C7H6N2. The number of rotatable bonds is 1. The van der Waals surface area contributed by atoms with E-state index in [0.29, 0.717) is 0 Å². The zero-order valence-corrected chi connectivity index (χ0v) is 4.83. The first-order chi connectivity index (χ1) is 4.43. The van der Waals surface area contributed by atoms with E-state index in [9.17, 15) is 0 Å². The summed E-state index contributed by atoms with van der Waals surface area (Å²) >= 11 is 0. The van der Waals surface area contributed by atoms with Crippen molar-refractivity contribution in [1.29, 1.82) is 5.26 Å². The van der Waals surface area contributed by atoms with Crippen molar-refractivity contribution in [2.45, 2.75) is 0 Å². The number of nitrogens with zero attached hydrogens (tertiary/aromatic N) is 1. The molecule has 0 fully saturated rings. The second-order valence-electron chi connectivity index (χ2n) is 1.59. The molecule has 0 aliphatic heterocycles. The lowest BCUT2D eigenvalue weighted by atomic mass is 10.4. The lowest BCUT2D eigenvalue weighted by molar-refractivity contribution is 1.38. The molecule has 0 radical (unpaired) electrons. The molecule has 0 atom stereocenters. The minimum Gasteiger partial charge on any atom is -0.362 e. The molecule has 44 valence electrons. The van der Waals surface area contributed by atoms with Crippen molar-refractivity contribution in [2.24, 2.45) is 0 Å². The highest BCUT2D eigenvalue weighted by Crippen LogP contribution is 1.95. The van der Waals surface area contributed by atoms with E-state index in [-0.39, 0.29) is 0 Å². The maximum atomic E-state index is 8.11. The van der Waals surface area contributed by atoms with Crippen molar-refractivity contribution in [1.82, 2.24) is 4.98 Å². The quantitative estimate of drug-likeness (QED) is 0.558. The van der Waals surface area contributed by atoms with Gasteiger partial charge < -0.3 is 4.98 Å². The van der Waals surface area contributed by atoms with Crippen LogP contribution in [0.1, 0.15) is 5.69 Å². The van der Waals surface area contributed by atoms with Gasteiger partial charge in [-0.05, 0) is 18.2 Å². The molecule has 1 aromatic rings. The van der Waals surface area contributed by atoms with Gasteiger partial charge in [0, 0.05) is 18.0 Å². The summed E-state index contributed by atoms with van der Waals surface area (Å²) in [4.78, 5) is 2.93. The Morgan fingerprint density at radius 1 is 1.67 bits per heavy atom. The second-order valence-corrected chi connectivity index (χ2v) is 1.59. The van der Waals surface area contributed by atoms with Crippen molar-refractivity contribution in [2.75, 3.05) is 0 Å². The highest BCUT2D eigenvalue weighted by atomic mass is 14.7. The van der Waals surface area contributed by atoms with Crippen LogP contribution in [0, 0.1) is 11.3 Å². The van der Waals surface area contributed by atoms with Gasteiger partial charge in [-0.25, -0.2) is 0 Å². The van der Waals surface area contributed by atoms with Crippen LogP contribution in [0.3, 0.4) is 0 Å².